The van der Waals surface area contributed by atoms with Gasteiger partial charge in [0.05, 0.1) is 13.7 Å². The van der Waals surface area contributed by atoms with Gasteiger partial charge in [0.2, 0.25) is 0 Å². The molecule has 0 saturated carbocycles. The van der Waals surface area contributed by atoms with E-state index in [0.717, 1.165) is 12.2 Å². The van der Waals surface area contributed by atoms with Crippen molar-refractivity contribution in [2.45, 2.75) is 0 Å². The summed E-state index contributed by atoms with van der Waals surface area (Å²) < 4.78 is 9.40. The second kappa shape index (κ2) is 6.68. The number of carbonyl (C=O) groups is 1. The molecule has 5 nitrogen and oxygen atoms in total. The van der Waals surface area contributed by atoms with Crippen molar-refractivity contribution < 1.29 is 14.3 Å². The third kappa shape index (κ3) is 4.18. The highest BCUT2D eigenvalue weighted by Crippen LogP contribution is 2.13. The molecule has 0 aliphatic heterocycles. The number of methoxy groups -OCH3 is 2. The molecule has 0 bridgehead atoms. The van der Waals surface area contributed by atoms with Gasteiger partial charge in [0.15, 0.2) is 0 Å². The van der Waals surface area contributed by atoms with E-state index in [1.165, 1.54) is 7.11 Å². The van der Waals surface area contributed by atoms with Gasteiger partial charge >= 0.3 is 6.09 Å². The van der Waals surface area contributed by atoms with Crippen LogP contribution in [0.5, 0.6) is 0 Å². The largest absolute Gasteiger partial charge is 0.453 e. The zero-order chi connectivity index (χ0) is 11.8. The van der Waals surface area contributed by atoms with Gasteiger partial charge in [-0.3, -0.25) is 5.32 Å². The van der Waals surface area contributed by atoms with Gasteiger partial charge in [0.25, 0.3) is 0 Å². The molecule has 88 valence electrons. The van der Waals surface area contributed by atoms with Crippen LogP contribution in [0, 0.1) is 0 Å². The van der Waals surface area contributed by atoms with Gasteiger partial charge < -0.3 is 14.8 Å². The lowest BCUT2D eigenvalue weighted by atomic mass is 10.3. The maximum atomic E-state index is 10.9. The van der Waals surface area contributed by atoms with Crippen LogP contribution in [-0.4, -0.2) is 33.5 Å². The lowest BCUT2D eigenvalue weighted by Crippen LogP contribution is -2.11. The van der Waals surface area contributed by atoms with E-state index in [-0.39, 0.29) is 0 Å². The summed E-state index contributed by atoms with van der Waals surface area (Å²) in [5.41, 5.74) is 1.68. The maximum Gasteiger partial charge on any atom is 0.411 e. The molecule has 0 aliphatic rings. The number of hydrogen-bond donors (Lipinski definition) is 2. The fourth-order valence-electron chi connectivity index (χ4n) is 1.14. The van der Waals surface area contributed by atoms with Gasteiger partial charge in [-0.05, 0) is 24.3 Å². The summed E-state index contributed by atoms with van der Waals surface area (Å²) in [5, 5.41) is 5.74. The van der Waals surface area contributed by atoms with Crippen LogP contribution < -0.4 is 10.6 Å². The number of amides is 1. The van der Waals surface area contributed by atoms with E-state index in [1.807, 2.05) is 12.1 Å². The van der Waals surface area contributed by atoms with Gasteiger partial charge in [-0.2, -0.15) is 0 Å². The van der Waals surface area contributed by atoms with Crippen molar-refractivity contribution >= 4 is 17.5 Å². The molecule has 0 fully saturated rings. The Labute approximate surface area is 94.7 Å². The monoisotopic (exact) mass is 224 g/mol. The fourth-order valence-corrected chi connectivity index (χ4v) is 1.14. The molecule has 2 N–H and O–H groups in total. The Hall–Kier alpha value is -1.75. The highest BCUT2D eigenvalue weighted by Gasteiger charge is 1.99. The van der Waals surface area contributed by atoms with Crippen LogP contribution in [-0.2, 0) is 9.47 Å². The van der Waals surface area contributed by atoms with Gasteiger partial charge in [-0.15, -0.1) is 0 Å². The van der Waals surface area contributed by atoms with Crippen molar-refractivity contribution in [2.75, 3.05) is 38.0 Å². The van der Waals surface area contributed by atoms with E-state index in [0.29, 0.717) is 12.3 Å². The van der Waals surface area contributed by atoms with Crippen molar-refractivity contribution in [3.05, 3.63) is 24.3 Å². The second-order valence-corrected chi connectivity index (χ2v) is 3.11. The first-order valence-electron chi connectivity index (χ1n) is 4.94. The van der Waals surface area contributed by atoms with E-state index in [4.69, 9.17) is 4.74 Å². The molecule has 0 atom stereocenters. The molecule has 0 heterocycles. The van der Waals surface area contributed by atoms with Crippen LogP contribution in [0.2, 0.25) is 0 Å². The van der Waals surface area contributed by atoms with E-state index < -0.39 is 6.09 Å². The van der Waals surface area contributed by atoms with E-state index in [9.17, 15) is 4.79 Å². The quantitative estimate of drug-likeness (QED) is 0.750. The third-order valence-corrected chi connectivity index (χ3v) is 1.95. The first-order valence-corrected chi connectivity index (χ1v) is 4.94. The fraction of sp³-hybridized carbons (Fsp3) is 0.364. The Morgan fingerprint density at radius 3 is 2.38 bits per heavy atom. The molecule has 1 aromatic rings. The van der Waals surface area contributed by atoms with Crippen LogP contribution in [0.3, 0.4) is 0 Å². The zero-order valence-corrected chi connectivity index (χ0v) is 9.45. The first kappa shape index (κ1) is 12.3. The SMILES string of the molecule is COCCNc1ccc(NC(=O)OC)cc1. The molecule has 0 aliphatic carbocycles. The van der Waals surface area contributed by atoms with Crippen molar-refractivity contribution in [2.24, 2.45) is 0 Å². The molecule has 0 saturated heterocycles. The highest BCUT2D eigenvalue weighted by molar-refractivity contribution is 5.84. The molecule has 0 aromatic heterocycles. The van der Waals surface area contributed by atoms with E-state index >= 15 is 0 Å². The lowest BCUT2D eigenvalue weighted by molar-refractivity contribution is 0.187. The molecule has 0 unspecified atom stereocenters. The number of hydrogen-bond acceptors (Lipinski definition) is 4. The van der Waals surface area contributed by atoms with Gasteiger partial charge in [-0.1, -0.05) is 0 Å². The first-order chi connectivity index (χ1) is 7.76. The molecular weight excluding hydrogens is 208 g/mol. The second-order valence-electron chi connectivity index (χ2n) is 3.11. The van der Waals surface area contributed by atoms with Crippen molar-refractivity contribution in [3.63, 3.8) is 0 Å². The van der Waals surface area contributed by atoms with Crippen LogP contribution >= 0.6 is 0 Å². The molecular formula is C11H16N2O3. The number of ether oxygens (including phenoxy) is 2. The molecule has 0 radical (unpaired) electrons. The zero-order valence-electron chi connectivity index (χ0n) is 9.45. The molecule has 5 heteroatoms. The van der Waals surface area contributed by atoms with Gasteiger partial charge in [-0.25, -0.2) is 4.79 Å². The minimum atomic E-state index is -0.472. The average molecular weight is 224 g/mol. The summed E-state index contributed by atoms with van der Waals surface area (Å²) in [5.74, 6) is 0. The smallest absolute Gasteiger partial charge is 0.411 e. The Balaban J connectivity index is 2.44. The summed E-state index contributed by atoms with van der Waals surface area (Å²) in [6.07, 6.45) is -0.472. The van der Waals surface area contributed by atoms with Crippen molar-refractivity contribution in [3.8, 4) is 0 Å². The van der Waals surface area contributed by atoms with E-state index in [1.54, 1.807) is 19.2 Å². The number of benzene rings is 1. The molecule has 1 amide bonds. The predicted molar refractivity (Wildman–Crippen MR) is 62.8 cm³/mol. The Morgan fingerprint density at radius 2 is 1.81 bits per heavy atom. The molecule has 1 rings (SSSR count). The van der Waals surface area contributed by atoms with Crippen LogP contribution in [0.15, 0.2) is 24.3 Å². The summed E-state index contributed by atoms with van der Waals surface area (Å²) in [4.78, 5) is 10.9. The Kier molecular flexibility index (Phi) is 5.15. The predicted octanol–water partition coefficient (Wildman–Crippen LogP) is 1.92. The van der Waals surface area contributed by atoms with Crippen LogP contribution in [0.4, 0.5) is 16.2 Å². The Bertz CT molecular complexity index is 325. The van der Waals surface area contributed by atoms with E-state index in [2.05, 4.69) is 15.4 Å². The topological polar surface area (TPSA) is 59.6 Å². The van der Waals surface area contributed by atoms with Gasteiger partial charge in [0.1, 0.15) is 0 Å². The standard InChI is InChI=1S/C11H16N2O3/c1-15-8-7-12-9-3-5-10(6-4-9)13-11(14)16-2/h3-6,12H,7-8H2,1-2H3,(H,13,14). The molecule has 16 heavy (non-hydrogen) atoms. The number of anilines is 2. The normalized spacial score (nSPS) is 9.62. The minimum Gasteiger partial charge on any atom is -0.453 e. The van der Waals surface area contributed by atoms with Crippen molar-refractivity contribution in [1.82, 2.24) is 0 Å². The van der Waals surface area contributed by atoms with Crippen molar-refractivity contribution in [1.29, 1.82) is 0 Å². The maximum absolute atomic E-state index is 10.9. The molecule has 0 spiro atoms. The summed E-state index contributed by atoms with van der Waals surface area (Å²) >= 11 is 0. The highest BCUT2D eigenvalue weighted by atomic mass is 16.5. The third-order valence-electron chi connectivity index (χ3n) is 1.95. The Morgan fingerprint density at radius 1 is 1.19 bits per heavy atom. The number of rotatable bonds is 5. The van der Waals surface area contributed by atoms with Gasteiger partial charge in [0, 0.05) is 25.0 Å². The average Bonchev–Trinajstić information content (AvgIpc) is 2.31. The van der Waals surface area contributed by atoms with Crippen LogP contribution in [0.1, 0.15) is 0 Å². The summed E-state index contributed by atoms with van der Waals surface area (Å²) in [6, 6.07) is 7.35. The number of nitrogens with one attached hydrogen (secondary N) is 2. The minimum absolute atomic E-state index is 0.472. The molecule has 1 aromatic carbocycles. The summed E-state index contributed by atoms with van der Waals surface area (Å²) in [6.45, 7) is 1.41. The summed E-state index contributed by atoms with van der Waals surface area (Å²) in [7, 11) is 2.99. The lowest BCUT2D eigenvalue weighted by Gasteiger charge is -2.07. The number of carbonyl (C=O) groups excluding carboxylic acids is 1. The van der Waals surface area contributed by atoms with Crippen LogP contribution in [0.25, 0.3) is 0 Å².